The predicted octanol–water partition coefficient (Wildman–Crippen LogP) is 1.63. The molecule has 0 spiro atoms. The Morgan fingerprint density at radius 1 is 1.32 bits per heavy atom. The van der Waals surface area contributed by atoms with Crippen LogP contribution in [0.4, 0.5) is 23.2 Å². The van der Waals surface area contributed by atoms with Crippen LogP contribution in [0.1, 0.15) is 23.2 Å². The number of nitrogens with one attached hydrogen (secondary N) is 4. The lowest BCUT2D eigenvalue weighted by Crippen LogP contribution is -2.45. The van der Waals surface area contributed by atoms with E-state index in [0.717, 1.165) is 12.1 Å². The maximum absolute atomic E-state index is 13.9. The third kappa shape index (κ3) is 4.20. The van der Waals surface area contributed by atoms with Crippen LogP contribution in [-0.2, 0) is 4.79 Å². The highest BCUT2D eigenvalue weighted by atomic mass is 35.5. The Bertz CT molecular complexity index is 858. The number of alkyl halides is 4. The van der Waals surface area contributed by atoms with Crippen LogP contribution in [0.25, 0.3) is 0 Å². The summed E-state index contributed by atoms with van der Waals surface area (Å²) in [5, 5.41) is 8.79. The maximum Gasteiger partial charge on any atom is 0.573 e. The number of halogens is 5. The van der Waals surface area contributed by atoms with Crippen molar-refractivity contribution >= 4 is 35.1 Å². The van der Waals surface area contributed by atoms with E-state index in [9.17, 15) is 27.2 Å². The summed E-state index contributed by atoms with van der Waals surface area (Å²) in [5.41, 5.74) is 1.74. The van der Waals surface area contributed by atoms with Crippen LogP contribution in [0.2, 0.25) is 5.02 Å². The molecule has 3 rings (SSSR count). The van der Waals surface area contributed by atoms with E-state index in [1.165, 1.54) is 12.1 Å². The second-order valence-electron chi connectivity index (χ2n) is 5.94. The van der Waals surface area contributed by atoms with Crippen molar-refractivity contribution in [1.82, 2.24) is 21.4 Å². The van der Waals surface area contributed by atoms with E-state index < -0.39 is 40.3 Å². The van der Waals surface area contributed by atoms with Crippen molar-refractivity contribution in [3.63, 3.8) is 0 Å². The number of rotatable bonds is 4. The van der Waals surface area contributed by atoms with Crippen molar-refractivity contribution < 1.29 is 31.9 Å². The lowest BCUT2D eigenvalue weighted by Gasteiger charge is -2.18. The number of benzene rings is 1. The molecule has 0 bridgehead atoms. The van der Waals surface area contributed by atoms with Gasteiger partial charge in [0.2, 0.25) is 5.96 Å². The Kier molecular flexibility index (Phi) is 4.97. The molecule has 0 atom stereocenters. The predicted molar refractivity (Wildman–Crippen MR) is 88.8 cm³/mol. The van der Waals surface area contributed by atoms with Crippen molar-refractivity contribution in [2.24, 2.45) is 5.10 Å². The SMILES string of the molecule is CN1NNN=C1NC(=O)c1ccc(OC(F)(F)F)c(NC(=O)C2(F)CC2)c1Cl. The highest BCUT2D eigenvalue weighted by molar-refractivity contribution is 6.37. The first-order chi connectivity index (χ1) is 13.0. The highest BCUT2D eigenvalue weighted by Crippen LogP contribution is 2.43. The molecule has 28 heavy (non-hydrogen) atoms. The van der Waals surface area contributed by atoms with Crippen molar-refractivity contribution in [3.8, 4) is 5.75 Å². The molecule has 1 saturated carbocycles. The standard InChI is InChI=1S/C14H13ClF4N6O3/c1-25-12(22-23-24-25)21-10(26)6-2-3-7(28-14(17,18)19)9(8(6)15)20-11(27)13(16)4-5-13/h2-3,23-24H,4-5H2,1H3,(H,20,27)(H,21,22,26). The van der Waals surface area contributed by atoms with Crippen LogP contribution in [-0.4, -0.2) is 41.9 Å². The van der Waals surface area contributed by atoms with Gasteiger partial charge < -0.3 is 10.1 Å². The smallest absolute Gasteiger partial charge is 0.404 e. The number of amides is 2. The fourth-order valence-corrected chi connectivity index (χ4v) is 2.47. The normalized spacial score (nSPS) is 17.5. The number of nitrogens with zero attached hydrogens (tertiary/aromatic N) is 2. The molecule has 0 saturated heterocycles. The first-order valence-corrected chi connectivity index (χ1v) is 8.10. The molecule has 1 aliphatic carbocycles. The minimum atomic E-state index is -5.10. The second-order valence-corrected chi connectivity index (χ2v) is 6.32. The molecule has 2 amide bonds. The number of guanidine groups is 1. The summed E-state index contributed by atoms with van der Waals surface area (Å²) < 4.78 is 55.7. The van der Waals surface area contributed by atoms with Crippen LogP contribution < -0.4 is 26.4 Å². The van der Waals surface area contributed by atoms with E-state index in [4.69, 9.17) is 11.6 Å². The Labute approximate surface area is 160 Å². The van der Waals surface area contributed by atoms with Crippen LogP contribution in [0.15, 0.2) is 17.2 Å². The summed E-state index contributed by atoms with van der Waals surface area (Å²) in [5.74, 6) is -2.85. The van der Waals surface area contributed by atoms with E-state index in [2.05, 4.69) is 26.2 Å². The van der Waals surface area contributed by atoms with Gasteiger partial charge in [-0.2, -0.15) is 0 Å². The third-order valence-corrected chi connectivity index (χ3v) is 4.22. The van der Waals surface area contributed by atoms with Crippen molar-refractivity contribution in [2.75, 3.05) is 12.4 Å². The number of hydrogen-bond acceptors (Lipinski definition) is 7. The molecule has 1 fully saturated rings. The summed E-state index contributed by atoms with van der Waals surface area (Å²) in [7, 11) is 1.52. The van der Waals surface area contributed by atoms with Gasteiger partial charge >= 0.3 is 6.36 Å². The van der Waals surface area contributed by atoms with Gasteiger partial charge in [0.25, 0.3) is 11.8 Å². The zero-order valence-electron chi connectivity index (χ0n) is 14.1. The maximum atomic E-state index is 13.9. The van der Waals surface area contributed by atoms with Gasteiger partial charge in [-0.3, -0.25) is 19.9 Å². The lowest BCUT2D eigenvalue weighted by molar-refractivity contribution is -0.274. The Morgan fingerprint density at radius 3 is 2.54 bits per heavy atom. The van der Waals surface area contributed by atoms with E-state index in [1.54, 1.807) is 0 Å². The number of anilines is 1. The van der Waals surface area contributed by atoms with Gasteiger partial charge in [0, 0.05) is 7.05 Å². The van der Waals surface area contributed by atoms with Gasteiger partial charge in [0.15, 0.2) is 11.4 Å². The summed E-state index contributed by atoms with van der Waals surface area (Å²) in [6.07, 6.45) is -5.24. The number of hydrogen-bond donors (Lipinski definition) is 4. The van der Waals surface area contributed by atoms with Crippen molar-refractivity contribution in [2.45, 2.75) is 24.9 Å². The fraction of sp³-hybridized carbons (Fsp3) is 0.357. The van der Waals surface area contributed by atoms with E-state index in [-0.39, 0.29) is 24.4 Å². The third-order valence-electron chi connectivity index (χ3n) is 3.83. The van der Waals surface area contributed by atoms with E-state index in [1.807, 2.05) is 5.32 Å². The number of hydrazone groups is 1. The monoisotopic (exact) mass is 424 g/mol. The molecular weight excluding hydrogens is 412 g/mol. The minimum absolute atomic E-state index is 0.0444. The van der Waals surface area contributed by atoms with Gasteiger partial charge in [0.05, 0.1) is 10.6 Å². The summed E-state index contributed by atoms with van der Waals surface area (Å²) >= 11 is 6.04. The molecule has 1 aromatic carbocycles. The molecule has 2 aliphatic rings. The average molecular weight is 425 g/mol. The molecule has 0 aromatic heterocycles. The fourth-order valence-electron chi connectivity index (χ4n) is 2.18. The van der Waals surface area contributed by atoms with Gasteiger partial charge in [-0.1, -0.05) is 11.6 Å². The topological polar surface area (TPSA) is 107 Å². The van der Waals surface area contributed by atoms with Gasteiger partial charge in [0.1, 0.15) is 5.69 Å². The molecule has 1 aliphatic heterocycles. The molecule has 0 unspecified atom stereocenters. The zero-order valence-corrected chi connectivity index (χ0v) is 14.8. The Balaban J connectivity index is 1.92. The average Bonchev–Trinajstić information content (AvgIpc) is 3.22. The quantitative estimate of drug-likeness (QED) is 0.547. The van der Waals surface area contributed by atoms with E-state index in [0.29, 0.717) is 0 Å². The van der Waals surface area contributed by atoms with E-state index >= 15 is 0 Å². The van der Waals surface area contributed by atoms with Crippen LogP contribution in [0.5, 0.6) is 5.75 Å². The lowest BCUT2D eigenvalue weighted by atomic mass is 10.1. The second kappa shape index (κ2) is 6.98. The molecule has 14 heteroatoms. The number of hydrazine groups is 2. The summed E-state index contributed by atoms with van der Waals surface area (Å²) in [6.45, 7) is 0. The minimum Gasteiger partial charge on any atom is -0.404 e. The molecule has 9 nitrogen and oxygen atoms in total. The number of carbonyl (C=O) groups excluding carboxylic acids is 2. The summed E-state index contributed by atoms with van der Waals surface area (Å²) in [6, 6.07) is 1.76. The van der Waals surface area contributed by atoms with Crippen LogP contribution >= 0.6 is 11.6 Å². The number of ether oxygens (including phenoxy) is 1. The molecule has 1 heterocycles. The Morgan fingerprint density at radius 2 is 2.00 bits per heavy atom. The number of carbonyl (C=O) groups is 2. The van der Waals surface area contributed by atoms with Crippen LogP contribution in [0, 0.1) is 0 Å². The van der Waals surface area contributed by atoms with Crippen molar-refractivity contribution in [1.29, 1.82) is 0 Å². The molecule has 152 valence electrons. The summed E-state index contributed by atoms with van der Waals surface area (Å²) in [4.78, 5) is 24.3. The van der Waals surface area contributed by atoms with Crippen molar-refractivity contribution in [3.05, 3.63) is 22.7 Å². The molecule has 4 N–H and O–H groups in total. The first kappa shape index (κ1) is 19.9. The largest absolute Gasteiger partial charge is 0.573 e. The van der Waals surface area contributed by atoms with Gasteiger partial charge in [-0.15, -0.1) is 23.8 Å². The van der Waals surface area contributed by atoms with Gasteiger partial charge in [-0.25, -0.2) is 9.93 Å². The zero-order chi connectivity index (χ0) is 20.7. The molecule has 1 aromatic rings. The highest BCUT2D eigenvalue weighted by Gasteiger charge is 2.51. The molecular formula is C14H13ClF4N6O3. The van der Waals surface area contributed by atoms with Gasteiger partial charge in [-0.05, 0) is 25.0 Å². The Hall–Kier alpha value is -2.80. The van der Waals surface area contributed by atoms with Crippen LogP contribution in [0.3, 0.4) is 0 Å². The first-order valence-electron chi connectivity index (χ1n) is 7.72. The molecule has 0 radical (unpaired) electrons.